The van der Waals surface area contributed by atoms with E-state index < -0.39 is 17.6 Å². The van der Waals surface area contributed by atoms with Crippen LogP contribution in [0.25, 0.3) is 0 Å². The Morgan fingerprint density at radius 1 is 1.11 bits per heavy atom. The van der Waals surface area contributed by atoms with E-state index >= 15 is 0 Å². The third-order valence-electron chi connectivity index (χ3n) is 4.45. The summed E-state index contributed by atoms with van der Waals surface area (Å²) in [6.07, 6.45) is -2.51. The van der Waals surface area contributed by atoms with Gasteiger partial charge in [0.25, 0.3) is 5.91 Å². The first-order chi connectivity index (χ1) is 12.9. The monoisotopic (exact) mass is 378 g/mol. The summed E-state index contributed by atoms with van der Waals surface area (Å²) in [5, 5.41) is 2.65. The molecule has 3 rings (SSSR count). The summed E-state index contributed by atoms with van der Waals surface area (Å²) in [5.74, 6) is 0.170. The topological polar surface area (TPSA) is 41.6 Å². The molecule has 1 aliphatic rings. The molecule has 0 radical (unpaired) electrons. The molecule has 1 N–H and O–H groups in total. The molecule has 1 saturated heterocycles. The summed E-state index contributed by atoms with van der Waals surface area (Å²) < 4.78 is 44.7. The first kappa shape index (κ1) is 19.1. The Balaban J connectivity index is 1.87. The Bertz CT molecular complexity index is 798. The molecule has 1 aliphatic heterocycles. The first-order valence-corrected chi connectivity index (χ1v) is 8.89. The van der Waals surface area contributed by atoms with Crippen LogP contribution in [0.2, 0.25) is 0 Å². The predicted octanol–water partition coefficient (Wildman–Crippen LogP) is 4.96. The van der Waals surface area contributed by atoms with Gasteiger partial charge in [0.15, 0.2) is 0 Å². The van der Waals surface area contributed by atoms with Gasteiger partial charge in [0.2, 0.25) is 0 Å². The quantitative estimate of drug-likeness (QED) is 0.800. The van der Waals surface area contributed by atoms with Crippen LogP contribution in [-0.4, -0.2) is 25.6 Å². The Labute approximate surface area is 155 Å². The maximum absolute atomic E-state index is 13.1. The third-order valence-corrected chi connectivity index (χ3v) is 4.45. The maximum Gasteiger partial charge on any atom is 0.416 e. The van der Waals surface area contributed by atoms with Crippen LogP contribution in [0.15, 0.2) is 42.5 Å². The number of anilines is 2. The number of carbonyl (C=O) groups excluding carboxylic acids is 1. The highest BCUT2D eigenvalue weighted by molar-refractivity contribution is 6.06. The van der Waals surface area contributed by atoms with E-state index in [2.05, 4.69) is 5.32 Å². The third kappa shape index (κ3) is 4.53. The zero-order valence-corrected chi connectivity index (χ0v) is 15.0. The Hall–Kier alpha value is -2.70. The number of ether oxygens (including phenoxy) is 1. The van der Waals surface area contributed by atoms with Crippen molar-refractivity contribution in [2.45, 2.75) is 25.9 Å². The van der Waals surface area contributed by atoms with Crippen molar-refractivity contribution in [1.82, 2.24) is 0 Å². The van der Waals surface area contributed by atoms with Crippen molar-refractivity contribution in [2.24, 2.45) is 0 Å². The normalized spacial score (nSPS) is 14.3. The molecular weight excluding hydrogens is 357 g/mol. The van der Waals surface area contributed by atoms with Gasteiger partial charge in [-0.15, -0.1) is 0 Å². The molecular formula is C20H21F3N2O2. The summed E-state index contributed by atoms with van der Waals surface area (Å²) in [7, 11) is 0. The number of nitrogens with zero attached hydrogens (tertiary/aromatic N) is 1. The standard InChI is InChI=1S/C20H21F3N2O2/c1-2-27-16-8-5-14(6-9-16)19(26)24-17-13-15(20(21,22)23)7-10-18(17)25-11-3-4-12-25/h5-10,13H,2-4,11-12H2,1H3,(H,24,26). The molecule has 7 heteroatoms. The lowest BCUT2D eigenvalue weighted by molar-refractivity contribution is -0.137. The first-order valence-electron chi connectivity index (χ1n) is 8.89. The summed E-state index contributed by atoms with van der Waals surface area (Å²) in [6.45, 7) is 3.89. The van der Waals surface area contributed by atoms with Crippen molar-refractivity contribution >= 4 is 17.3 Å². The summed E-state index contributed by atoms with van der Waals surface area (Å²) in [5.41, 5.74) is 0.348. The summed E-state index contributed by atoms with van der Waals surface area (Å²) in [4.78, 5) is 14.6. The molecule has 2 aromatic carbocycles. The summed E-state index contributed by atoms with van der Waals surface area (Å²) >= 11 is 0. The van der Waals surface area contributed by atoms with Gasteiger partial charge < -0.3 is 15.0 Å². The van der Waals surface area contributed by atoms with Crippen molar-refractivity contribution in [3.05, 3.63) is 53.6 Å². The van der Waals surface area contributed by atoms with Gasteiger partial charge in [0.05, 0.1) is 23.5 Å². The lowest BCUT2D eigenvalue weighted by Crippen LogP contribution is -2.22. The Morgan fingerprint density at radius 2 is 1.78 bits per heavy atom. The van der Waals surface area contributed by atoms with Crippen LogP contribution in [-0.2, 0) is 6.18 Å². The minimum atomic E-state index is -4.47. The van der Waals surface area contributed by atoms with Gasteiger partial charge in [0, 0.05) is 18.7 Å². The number of carbonyl (C=O) groups is 1. The van der Waals surface area contributed by atoms with Gasteiger partial charge in [-0.05, 0) is 62.2 Å². The molecule has 0 aliphatic carbocycles. The van der Waals surface area contributed by atoms with Gasteiger partial charge in [0.1, 0.15) is 5.75 Å². The number of nitrogens with one attached hydrogen (secondary N) is 1. The highest BCUT2D eigenvalue weighted by atomic mass is 19.4. The molecule has 0 aromatic heterocycles. The van der Waals surface area contributed by atoms with Crippen LogP contribution in [0.4, 0.5) is 24.5 Å². The average molecular weight is 378 g/mol. The Kier molecular flexibility index (Phi) is 5.58. The molecule has 0 atom stereocenters. The molecule has 2 aromatic rings. The van der Waals surface area contributed by atoms with Gasteiger partial charge in [-0.3, -0.25) is 4.79 Å². The molecule has 4 nitrogen and oxygen atoms in total. The van der Waals surface area contributed by atoms with Crippen LogP contribution >= 0.6 is 0 Å². The zero-order valence-electron chi connectivity index (χ0n) is 15.0. The van der Waals surface area contributed by atoms with E-state index in [0.717, 1.165) is 38.1 Å². The number of halogens is 3. The second-order valence-electron chi connectivity index (χ2n) is 6.34. The number of hydrogen-bond donors (Lipinski definition) is 1. The van der Waals surface area contributed by atoms with E-state index in [1.165, 1.54) is 6.07 Å². The molecule has 1 fully saturated rings. The molecule has 144 valence electrons. The number of benzene rings is 2. The molecule has 1 amide bonds. The van der Waals surface area contributed by atoms with E-state index in [1.54, 1.807) is 24.3 Å². The van der Waals surface area contributed by atoms with Crippen LogP contribution < -0.4 is 15.0 Å². The van der Waals surface area contributed by atoms with Crippen molar-refractivity contribution in [2.75, 3.05) is 29.9 Å². The summed E-state index contributed by atoms with van der Waals surface area (Å²) in [6, 6.07) is 9.98. The largest absolute Gasteiger partial charge is 0.494 e. The second kappa shape index (κ2) is 7.90. The molecule has 27 heavy (non-hydrogen) atoms. The van der Waals surface area contributed by atoms with Gasteiger partial charge in [-0.1, -0.05) is 0 Å². The fourth-order valence-electron chi connectivity index (χ4n) is 3.11. The van der Waals surface area contributed by atoms with Gasteiger partial charge in [-0.25, -0.2) is 0 Å². The number of hydrogen-bond acceptors (Lipinski definition) is 3. The zero-order chi connectivity index (χ0) is 19.4. The minimum Gasteiger partial charge on any atom is -0.494 e. The van der Waals surface area contributed by atoms with Crippen molar-refractivity contribution in [1.29, 1.82) is 0 Å². The average Bonchev–Trinajstić information content (AvgIpc) is 3.16. The van der Waals surface area contributed by atoms with E-state index in [4.69, 9.17) is 4.74 Å². The number of rotatable bonds is 5. The second-order valence-corrected chi connectivity index (χ2v) is 6.34. The van der Waals surface area contributed by atoms with Crippen molar-refractivity contribution in [3.63, 3.8) is 0 Å². The number of amides is 1. The van der Waals surface area contributed by atoms with Gasteiger partial charge >= 0.3 is 6.18 Å². The SMILES string of the molecule is CCOc1ccc(C(=O)Nc2cc(C(F)(F)F)ccc2N2CCCC2)cc1. The van der Waals surface area contributed by atoms with E-state index in [-0.39, 0.29) is 5.69 Å². The smallest absolute Gasteiger partial charge is 0.416 e. The lowest BCUT2D eigenvalue weighted by Gasteiger charge is -2.23. The Morgan fingerprint density at radius 3 is 2.37 bits per heavy atom. The maximum atomic E-state index is 13.1. The van der Waals surface area contributed by atoms with E-state index in [9.17, 15) is 18.0 Å². The van der Waals surface area contributed by atoms with E-state index in [1.807, 2.05) is 11.8 Å². The fourth-order valence-corrected chi connectivity index (χ4v) is 3.11. The number of alkyl halides is 3. The molecule has 0 unspecified atom stereocenters. The van der Waals surface area contributed by atoms with Crippen LogP contribution in [0.5, 0.6) is 5.75 Å². The minimum absolute atomic E-state index is 0.172. The molecule has 1 heterocycles. The lowest BCUT2D eigenvalue weighted by atomic mass is 10.1. The highest BCUT2D eigenvalue weighted by Crippen LogP contribution is 2.36. The van der Waals surface area contributed by atoms with E-state index in [0.29, 0.717) is 23.6 Å². The molecule has 0 bridgehead atoms. The van der Waals surface area contributed by atoms with Crippen molar-refractivity contribution in [3.8, 4) is 5.75 Å². The highest BCUT2D eigenvalue weighted by Gasteiger charge is 2.32. The van der Waals surface area contributed by atoms with Crippen molar-refractivity contribution < 1.29 is 22.7 Å². The van der Waals surface area contributed by atoms with Gasteiger partial charge in [-0.2, -0.15) is 13.2 Å². The van der Waals surface area contributed by atoms with Crippen LogP contribution in [0.3, 0.4) is 0 Å². The molecule has 0 spiro atoms. The molecule has 0 saturated carbocycles. The van der Waals surface area contributed by atoms with Crippen LogP contribution in [0, 0.1) is 0 Å². The predicted molar refractivity (Wildman–Crippen MR) is 98.5 cm³/mol. The van der Waals surface area contributed by atoms with Crippen LogP contribution in [0.1, 0.15) is 35.7 Å². The fraction of sp³-hybridized carbons (Fsp3) is 0.350.